The van der Waals surface area contributed by atoms with Crippen molar-refractivity contribution in [2.75, 3.05) is 5.73 Å². The van der Waals surface area contributed by atoms with E-state index < -0.39 is 0 Å². The summed E-state index contributed by atoms with van der Waals surface area (Å²) in [5, 5.41) is 9.40. The Balaban J connectivity index is 2.04. The highest BCUT2D eigenvalue weighted by Crippen LogP contribution is 2.40. The second-order valence-corrected chi connectivity index (χ2v) is 6.08. The van der Waals surface area contributed by atoms with Crippen molar-refractivity contribution >= 4 is 5.69 Å². The Kier molecular flexibility index (Phi) is 3.81. The van der Waals surface area contributed by atoms with Crippen molar-refractivity contribution in [1.82, 2.24) is 4.57 Å². The SMILES string of the molecule is Cc1ccc(C)c(Oc2c(N)cc(C#N)n2C2CCCC2)c1. The molecule has 1 fully saturated rings. The summed E-state index contributed by atoms with van der Waals surface area (Å²) >= 11 is 0. The van der Waals surface area contributed by atoms with Crippen molar-refractivity contribution in [2.45, 2.75) is 45.6 Å². The molecule has 0 atom stereocenters. The third-order valence-corrected chi connectivity index (χ3v) is 4.37. The molecule has 1 aliphatic carbocycles. The Hall–Kier alpha value is -2.41. The van der Waals surface area contributed by atoms with E-state index in [0.717, 1.165) is 29.7 Å². The monoisotopic (exact) mass is 295 g/mol. The predicted molar refractivity (Wildman–Crippen MR) is 87.1 cm³/mol. The van der Waals surface area contributed by atoms with Gasteiger partial charge in [-0.1, -0.05) is 25.0 Å². The van der Waals surface area contributed by atoms with Crippen LogP contribution in [-0.4, -0.2) is 4.57 Å². The first-order chi connectivity index (χ1) is 10.6. The lowest BCUT2D eigenvalue weighted by Crippen LogP contribution is -2.09. The predicted octanol–water partition coefficient (Wildman–Crippen LogP) is 4.47. The highest BCUT2D eigenvalue weighted by atomic mass is 16.5. The van der Waals surface area contributed by atoms with Gasteiger partial charge in [0.25, 0.3) is 0 Å². The minimum Gasteiger partial charge on any atom is -0.438 e. The molecule has 0 aliphatic heterocycles. The topological polar surface area (TPSA) is 64.0 Å². The van der Waals surface area contributed by atoms with Crippen molar-refractivity contribution in [3.63, 3.8) is 0 Å². The third kappa shape index (κ3) is 2.55. The fourth-order valence-corrected chi connectivity index (χ4v) is 3.17. The number of hydrogen-bond acceptors (Lipinski definition) is 3. The zero-order chi connectivity index (χ0) is 15.7. The van der Waals surface area contributed by atoms with Gasteiger partial charge in [0.05, 0.1) is 5.69 Å². The molecule has 0 unspecified atom stereocenters. The lowest BCUT2D eigenvalue weighted by atomic mass is 10.1. The summed E-state index contributed by atoms with van der Waals surface area (Å²) < 4.78 is 8.12. The van der Waals surface area contributed by atoms with E-state index in [0.29, 0.717) is 23.3 Å². The molecule has 0 bridgehead atoms. The van der Waals surface area contributed by atoms with Gasteiger partial charge in [-0.25, -0.2) is 0 Å². The first kappa shape index (κ1) is 14.5. The molecule has 0 radical (unpaired) electrons. The Morgan fingerprint density at radius 2 is 1.95 bits per heavy atom. The number of ether oxygens (including phenoxy) is 1. The van der Waals surface area contributed by atoms with Crippen molar-refractivity contribution in [3.8, 4) is 17.7 Å². The molecule has 1 aromatic carbocycles. The van der Waals surface area contributed by atoms with Crippen molar-refractivity contribution < 1.29 is 4.74 Å². The van der Waals surface area contributed by atoms with Crippen LogP contribution >= 0.6 is 0 Å². The molecule has 22 heavy (non-hydrogen) atoms. The molecule has 2 N–H and O–H groups in total. The third-order valence-electron chi connectivity index (χ3n) is 4.37. The Morgan fingerprint density at radius 3 is 2.64 bits per heavy atom. The fraction of sp³-hybridized carbons (Fsp3) is 0.389. The van der Waals surface area contributed by atoms with E-state index >= 15 is 0 Å². The summed E-state index contributed by atoms with van der Waals surface area (Å²) in [5.41, 5.74) is 9.44. The number of nitrogens with zero attached hydrogens (tertiary/aromatic N) is 2. The van der Waals surface area contributed by atoms with Crippen LogP contribution in [0.1, 0.15) is 48.5 Å². The molecule has 114 valence electrons. The number of aromatic nitrogens is 1. The van der Waals surface area contributed by atoms with Crippen LogP contribution in [0.2, 0.25) is 0 Å². The molecule has 4 nitrogen and oxygen atoms in total. The summed E-state index contributed by atoms with van der Waals surface area (Å²) in [6, 6.07) is 10.4. The van der Waals surface area contributed by atoms with E-state index in [9.17, 15) is 5.26 Å². The molecule has 1 aliphatic rings. The summed E-state index contributed by atoms with van der Waals surface area (Å²) in [6.07, 6.45) is 4.53. The smallest absolute Gasteiger partial charge is 0.224 e. The largest absolute Gasteiger partial charge is 0.438 e. The van der Waals surface area contributed by atoms with E-state index in [4.69, 9.17) is 10.5 Å². The second kappa shape index (κ2) is 5.76. The average molecular weight is 295 g/mol. The highest BCUT2D eigenvalue weighted by molar-refractivity contribution is 5.57. The number of aryl methyl sites for hydroxylation is 2. The van der Waals surface area contributed by atoms with Crippen LogP contribution in [0.25, 0.3) is 0 Å². The zero-order valence-corrected chi connectivity index (χ0v) is 13.1. The summed E-state index contributed by atoms with van der Waals surface area (Å²) in [6.45, 7) is 4.05. The maximum absolute atomic E-state index is 9.40. The van der Waals surface area contributed by atoms with E-state index in [1.807, 2.05) is 30.5 Å². The van der Waals surface area contributed by atoms with Crippen molar-refractivity contribution in [2.24, 2.45) is 0 Å². The maximum Gasteiger partial charge on any atom is 0.224 e. The Labute approximate surface area is 131 Å². The van der Waals surface area contributed by atoms with Gasteiger partial charge < -0.3 is 10.5 Å². The number of rotatable bonds is 3. The van der Waals surface area contributed by atoms with Crippen LogP contribution in [0.4, 0.5) is 5.69 Å². The number of hydrogen-bond donors (Lipinski definition) is 1. The van der Waals surface area contributed by atoms with E-state index in [1.165, 1.54) is 12.8 Å². The van der Waals surface area contributed by atoms with Gasteiger partial charge in [-0.15, -0.1) is 0 Å². The summed E-state index contributed by atoms with van der Waals surface area (Å²) in [4.78, 5) is 0. The first-order valence-electron chi connectivity index (χ1n) is 7.76. The minimum atomic E-state index is 0.312. The number of nitrogens with two attached hydrogens (primary N) is 1. The van der Waals surface area contributed by atoms with Crippen LogP contribution < -0.4 is 10.5 Å². The molecule has 0 saturated heterocycles. The average Bonchev–Trinajstić information content (AvgIpc) is 3.11. The van der Waals surface area contributed by atoms with Crippen LogP contribution in [-0.2, 0) is 0 Å². The summed E-state index contributed by atoms with van der Waals surface area (Å²) in [7, 11) is 0. The van der Waals surface area contributed by atoms with Gasteiger partial charge >= 0.3 is 0 Å². The molecule has 1 saturated carbocycles. The van der Waals surface area contributed by atoms with Gasteiger partial charge in [-0.3, -0.25) is 4.57 Å². The second-order valence-electron chi connectivity index (χ2n) is 6.08. The van der Waals surface area contributed by atoms with Crippen molar-refractivity contribution in [3.05, 3.63) is 41.1 Å². The molecular weight excluding hydrogens is 274 g/mol. The van der Waals surface area contributed by atoms with Crippen LogP contribution in [0.3, 0.4) is 0 Å². The van der Waals surface area contributed by atoms with Gasteiger partial charge in [0.15, 0.2) is 0 Å². The van der Waals surface area contributed by atoms with Crippen LogP contribution in [0.15, 0.2) is 24.3 Å². The standard InChI is InChI=1S/C18H21N3O/c1-12-7-8-13(2)17(9-12)22-18-16(20)10-15(11-19)21(18)14-5-3-4-6-14/h7-10,14H,3-6,20H2,1-2H3. The number of nitrogen functional groups attached to an aromatic ring is 1. The lowest BCUT2D eigenvalue weighted by Gasteiger charge is -2.19. The van der Waals surface area contributed by atoms with E-state index in [2.05, 4.69) is 12.1 Å². The van der Waals surface area contributed by atoms with Crippen LogP contribution in [0.5, 0.6) is 11.6 Å². The summed E-state index contributed by atoms with van der Waals surface area (Å²) in [5.74, 6) is 1.41. The van der Waals surface area contributed by atoms with Gasteiger partial charge in [-0.05, 0) is 43.9 Å². The molecule has 2 aromatic rings. The number of anilines is 1. The van der Waals surface area contributed by atoms with Crippen LogP contribution in [0, 0.1) is 25.2 Å². The Bertz CT molecular complexity index is 734. The van der Waals surface area contributed by atoms with Gasteiger partial charge in [0.2, 0.25) is 5.88 Å². The Morgan fingerprint density at radius 1 is 1.23 bits per heavy atom. The normalized spacial score (nSPS) is 15.0. The van der Waals surface area contributed by atoms with Crippen molar-refractivity contribution in [1.29, 1.82) is 5.26 Å². The van der Waals surface area contributed by atoms with Gasteiger partial charge in [-0.2, -0.15) is 5.26 Å². The van der Waals surface area contributed by atoms with Gasteiger partial charge in [0, 0.05) is 12.1 Å². The molecule has 3 rings (SSSR count). The fourth-order valence-electron chi connectivity index (χ4n) is 3.17. The molecule has 0 spiro atoms. The van der Waals surface area contributed by atoms with E-state index in [-0.39, 0.29) is 0 Å². The lowest BCUT2D eigenvalue weighted by molar-refractivity contribution is 0.391. The van der Waals surface area contributed by atoms with Gasteiger partial charge in [0.1, 0.15) is 17.5 Å². The molecule has 1 aromatic heterocycles. The maximum atomic E-state index is 9.40. The molecule has 4 heteroatoms. The zero-order valence-electron chi connectivity index (χ0n) is 13.1. The number of nitriles is 1. The molecular formula is C18H21N3O. The molecule has 0 amide bonds. The quantitative estimate of drug-likeness (QED) is 0.908. The minimum absolute atomic E-state index is 0.312. The van der Waals surface area contributed by atoms with E-state index in [1.54, 1.807) is 6.07 Å². The first-order valence-corrected chi connectivity index (χ1v) is 7.76. The molecule has 1 heterocycles. The number of benzene rings is 1. The highest BCUT2D eigenvalue weighted by Gasteiger charge is 2.25.